The number of hydrogen-bond acceptors (Lipinski definition) is 7. The number of hydrogen-bond donors (Lipinski definition) is 2. The molecule has 160 valence electrons. The molecule has 0 amide bonds. The summed E-state index contributed by atoms with van der Waals surface area (Å²) in [6.45, 7) is 4.40. The number of aliphatic hydroxyl groups is 1. The lowest BCUT2D eigenvalue weighted by Gasteiger charge is -2.43. The van der Waals surface area contributed by atoms with Gasteiger partial charge in [-0.3, -0.25) is 9.69 Å². The number of aliphatic carboxylic acids is 1. The molecule has 1 aromatic heterocycles. The molecule has 8 nitrogen and oxygen atoms in total. The summed E-state index contributed by atoms with van der Waals surface area (Å²) in [5.74, 6) is -0.262. The molecule has 2 aliphatic heterocycles. The largest absolute Gasteiger partial charge is 0.481 e. The number of rotatable bonds is 6. The number of carbonyl (C=O) groups is 1. The van der Waals surface area contributed by atoms with Crippen LogP contribution in [0.4, 0.5) is 5.95 Å². The van der Waals surface area contributed by atoms with Gasteiger partial charge in [-0.1, -0.05) is 30.3 Å². The number of ether oxygens (including phenoxy) is 1. The van der Waals surface area contributed by atoms with Gasteiger partial charge in [0.15, 0.2) is 0 Å². The van der Waals surface area contributed by atoms with Gasteiger partial charge in [0, 0.05) is 50.7 Å². The molecule has 0 aliphatic carbocycles. The van der Waals surface area contributed by atoms with E-state index in [2.05, 4.69) is 19.8 Å². The fraction of sp³-hybridized carbons (Fsp3) is 0.500. The smallest absolute Gasteiger partial charge is 0.313 e. The Bertz CT molecular complexity index is 842. The molecular formula is C22H28N4O4. The third-order valence-electron chi connectivity index (χ3n) is 6.04. The van der Waals surface area contributed by atoms with Crippen LogP contribution in [0.25, 0.3) is 0 Å². The standard InChI is InChI=1S/C22H28N4O4/c27-19-6-7-25(16-22(19,20(28)29)12-17-4-2-1-3-5-17)15-18-13-23-21(24-14-18)26-8-10-30-11-9-26/h1-5,13-14,19,27H,6-12,15-16H2,(H,28,29)/t19-,22-/m0/s1. The first-order valence-electron chi connectivity index (χ1n) is 10.4. The van der Waals surface area contributed by atoms with Crippen LogP contribution in [0.1, 0.15) is 17.5 Å². The van der Waals surface area contributed by atoms with Crippen molar-refractivity contribution in [1.29, 1.82) is 0 Å². The Kier molecular flexibility index (Phi) is 6.26. The first-order valence-corrected chi connectivity index (χ1v) is 10.4. The number of likely N-dealkylation sites (tertiary alicyclic amines) is 1. The highest BCUT2D eigenvalue weighted by Gasteiger charge is 2.49. The molecular weight excluding hydrogens is 384 g/mol. The number of carboxylic acid groups (broad SMARTS) is 1. The van der Waals surface area contributed by atoms with Crippen molar-refractivity contribution in [2.24, 2.45) is 5.41 Å². The monoisotopic (exact) mass is 412 g/mol. The van der Waals surface area contributed by atoms with Crippen molar-refractivity contribution < 1.29 is 19.7 Å². The zero-order chi connectivity index (χ0) is 21.0. The van der Waals surface area contributed by atoms with E-state index in [9.17, 15) is 15.0 Å². The summed E-state index contributed by atoms with van der Waals surface area (Å²) in [6.07, 6.45) is 3.45. The first-order chi connectivity index (χ1) is 14.6. The second-order valence-electron chi connectivity index (χ2n) is 8.13. The topological polar surface area (TPSA) is 99.0 Å². The second kappa shape index (κ2) is 9.07. The van der Waals surface area contributed by atoms with Crippen LogP contribution in [-0.4, -0.2) is 76.5 Å². The van der Waals surface area contributed by atoms with Crippen molar-refractivity contribution in [2.75, 3.05) is 44.3 Å². The number of benzene rings is 1. The number of aromatic nitrogens is 2. The van der Waals surface area contributed by atoms with Gasteiger partial charge in [-0.2, -0.15) is 0 Å². The van der Waals surface area contributed by atoms with Crippen LogP contribution in [0.2, 0.25) is 0 Å². The fourth-order valence-electron chi connectivity index (χ4n) is 4.33. The first kappa shape index (κ1) is 20.7. The number of carboxylic acids is 1. The molecule has 2 aliphatic rings. The minimum absolute atomic E-state index is 0.281. The number of nitrogens with zero attached hydrogens (tertiary/aromatic N) is 4. The molecule has 0 radical (unpaired) electrons. The normalized spacial score (nSPS) is 25.2. The highest BCUT2D eigenvalue weighted by atomic mass is 16.5. The molecule has 2 aromatic rings. The van der Waals surface area contributed by atoms with Crippen LogP contribution in [-0.2, 0) is 22.5 Å². The summed E-state index contributed by atoms with van der Waals surface area (Å²) in [4.78, 5) is 25.4. The van der Waals surface area contributed by atoms with E-state index in [0.717, 1.165) is 24.2 Å². The van der Waals surface area contributed by atoms with Gasteiger partial charge in [-0.05, 0) is 18.4 Å². The fourth-order valence-corrected chi connectivity index (χ4v) is 4.33. The molecule has 0 saturated carbocycles. The molecule has 2 N–H and O–H groups in total. The lowest BCUT2D eigenvalue weighted by atomic mass is 9.73. The lowest BCUT2D eigenvalue weighted by molar-refractivity contribution is -0.163. The Hall–Kier alpha value is -2.55. The predicted octanol–water partition coefficient (Wildman–Crippen LogP) is 1.19. The molecule has 4 rings (SSSR count). The van der Waals surface area contributed by atoms with Crippen molar-refractivity contribution in [1.82, 2.24) is 14.9 Å². The van der Waals surface area contributed by atoms with Crippen LogP contribution in [0, 0.1) is 5.41 Å². The van der Waals surface area contributed by atoms with E-state index in [-0.39, 0.29) is 6.54 Å². The maximum atomic E-state index is 12.3. The Morgan fingerprint density at radius 1 is 1.10 bits per heavy atom. The predicted molar refractivity (Wildman–Crippen MR) is 111 cm³/mol. The van der Waals surface area contributed by atoms with Gasteiger partial charge in [0.25, 0.3) is 0 Å². The van der Waals surface area contributed by atoms with Crippen molar-refractivity contribution in [2.45, 2.75) is 25.5 Å². The van der Waals surface area contributed by atoms with E-state index in [1.807, 2.05) is 42.7 Å². The summed E-state index contributed by atoms with van der Waals surface area (Å²) in [7, 11) is 0. The summed E-state index contributed by atoms with van der Waals surface area (Å²) < 4.78 is 5.36. The number of piperidine rings is 1. The molecule has 8 heteroatoms. The van der Waals surface area contributed by atoms with Gasteiger partial charge in [0.05, 0.1) is 19.3 Å². The molecule has 3 heterocycles. The molecule has 0 spiro atoms. The summed E-state index contributed by atoms with van der Waals surface area (Å²) in [5.41, 5.74) is 0.621. The minimum Gasteiger partial charge on any atom is -0.481 e. The van der Waals surface area contributed by atoms with Crippen LogP contribution in [0.3, 0.4) is 0 Å². The molecule has 0 bridgehead atoms. The van der Waals surface area contributed by atoms with E-state index in [4.69, 9.17) is 4.74 Å². The van der Waals surface area contributed by atoms with E-state index in [1.165, 1.54) is 0 Å². The maximum absolute atomic E-state index is 12.3. The maximum Gasteiger partial charge on any atom is 0.313 e. The van der Waals surface area contributed by atoms with Crippen molar-refractivity contribution in [3.05, 3.63) is 53.9 Å². The van der Waals surface area contributed by atoms with Crippen molar-refractivity contribution in [3.63, 3.8) is 0 Å². The van der Waals surface area contributed by atoms with E-state index < -0.39 is 17.5 Å². The Balaban J connectivity index is 1.46. The second-order valence-corrected chi connectivity index (χ2v) is 8.13. The Morgan fingerprint density at radius 2 is 1.80 bits per heavy atom. The van der Waals surface area contributed by atoms with Crippen LogP contribution in [0.15, 0.2) is 42.7 Å². The zero-order valence-corrected chi connectivity index (χ0v) is 17.0. The molecule has 2 fully saturated rings. The summed E-state index contributed by atoms with van der Waals surface area (Å²) in [5, 5.41) is 20.7. The Labute approximate surface area is 176 Å². The third-order valence-corrected chi connectivity index (χ3v) is 6.04. The van der Waals surface area contributed by atoms with Gasteiger partial charge < -0.3 is 19.8 Å². The quantitative estimate of drug-likeness (QED) is 0.730. The highest BCUT2D eigenvalue weighted by molar-refractivity contribution is 5.76. The van der Waals surface area contributed by atoms with Crippen molar-refractivity contribution in [3.8, 4) is 0 Å². The Morgan fingerprint density at radius 3 is 2.47 bits per heavy atom. The van der Waals surface area contributed by atoms with Gasteiger partial charge in [0.2, 0.25) is 5.95 Å². The third kappa shape index (κ3) is 4.45. The SMILES string of the molecule is O=C(O)[C@@]1(Cc2ccccc2)CN(Cc2cnc(N3CCOCC3)nc2)CC[C@@H]1O. The van der Waals surface area contributed by atoms with Gasteiger partial charge in [-0.25, -0.2) is 9.97 Å². The molecule has 2 saturated heterocycles. The van der Waals surface area contributed by atoms with Gasteiger partial charge in [-0.15, -0.1) is 0 Å². The summed E-state index contributed by atoms with van der Waals surface area (Å²) in [6, 6.07) is 9.51. The molecule has 2 atom stereocenters. The van der Waals surface area contributed by atoms with Gasteiger partial charge in [0.1, 0.15) is 5.41 Å². The van der Waals surface area contributed by atoms with E-state index in [0.29, 0.717) is 45.1 Å². The lowest BCUT2D eigenvalue weighted by Crippen LogP contribution is -2.56. The summed E-state index contributed by atoms with van der Waals surface area (Å²) >= 11 is 0. The number of morpholine rings is 1. The minimum atomic E-state index is -1.23. The van der Waals surface area contributed by atoms with E-state index >= 15 is 0 Å². The molecule has 0 unspecified atom stereocenters. The molecule has 30 heavy (non-hydrogen) atoms. The van der Waals surface area contributed by atoms with Gasteiger partial charge >= 0.3 is 5.97 Å². The zero-order valence-electron chi connectivity index (χ0n) is 17.0. The van der Waals surface area contributed by atoms with Crippen LogP contribution in [0.5, 0.6) is 0 Å². The van der Waals surface area contributed by atoms with Crippen LogP contribution < -0.4 is 4.90 Å². The average molecular weight is 412 g/mol. The number of anilines is 1. The van der Waals surface area contributed by atoms with Crippen molar-refractivity contribution >= 4 is 11.9 Å². The van der Waals surface area contributed by atoms with E-state index in [1.54, 1.807) is 0 Å². The molecule has 1 aromatic carbocycles. The average Bonchev–Trinajstić information content (AvgIpc) is 2.78. The highest BCUT2D eigenvalue weighted by Crippen LogP contribution is 2.35. The van der Waals surface area contributed by atoms with Crippen LogP contribution >= 0.6 is 0 Å². The number of aliphatic hydroxyl groups excluding tert-OH is 1.